The minimum Gasteiger partial charge on any atom is -0.377 e. The Bertz CT molecular complexity index is 679. The highest BCUT2D eigenvalue weighted by molar-refractivity contribution is 6.07. The molecule has 2 amide bonds. The molecule has 0 aromatic heterocycles. The molecule has 2 N–H and O–H groups in total. The molecule has 6 nitrogen and oxygen atoms in total. The number of halogens is 2. The van der Waals surface area contributed by atoms with E-state index in [2.05, 4.69) is 10.6 Å². The monoisotopic (exact) mass is 339 g/mol. The van der Waals surface area contributed by atoms with E-state index < -0.39 is 34.9 Å². The number of ether oxygens (including phenoxy) is 1. The highest BCUT2D eigenvalue weighted by Crippen LogP contribution is 2.44. The molecule has 2 heterocycles. The van der Waals surface area contributed by atoms with Gasteiger partial charge in [-0.25, -0.2) is 8.78 Å². The fourth-order valence-corrected chi connectivity index (χ4v) is 3.79. The largest absolute Gasteiger partial charge is 0.377 e. The number of nitrogens with zero attached hydrogens (tertiary/aromatic N) is 1. The van der Waals surface area contributed by atoms with Gasteiger partial charge in [0.15, 0.2) is 5.41 Å². The van der Waals surface area contributed by atoms with Crippen LogP contribution < -0.4 is 15.5 Å². The van der Waals surface area contributed by atoms with E-state index >= 15 is 0 Å². The first-order valence-electron chi connectivity index (χ1n) is 7.72. The predicted molar refractivity (Wildman–Crippen MR) is 82.6 cm³/mol. The standard InChI is InChI=1S/C16H19F2N3O3/c1-19-14(22)16(15(23)20-2)7-9-5-10(17)6-11(18)13(9)21-3-4-24-8-12(16)21/h5-6,12H,3-4,7-8H2,1-2H3,(H,19,22)(H,20,23). The quantitative estimate of drug-likeness (QED) is 0.756. The van der Waals surface area contributed by atoms with Gasteiger partial charge in [0, 0.05) is 33.1 Å². The third-order valence-corrected chi connectivity index (χ3v) is 4.83. The number of hydrogen-bond donors (Lipinski definition) is 2. The van der Waals surface area contributed by atoms with Gasteiger partial charge in [-0.3, -0.25) is 9.59 Å². The van der Waals surface area contributed by atoms with Crippen LogP contribution in [0.3, 0.4) is 0 Å². The SMILES string of the molecule is CNC(=O)C1(C(=O)NC)Cc2cc(F)cc(F)c2N2CCOCC21. The molecule has 130 valence electrons. The van der Waals surface area contributed by atoms with Crippen LogP contribution in [-0.2, 0) is 20.7 Å². The lowest BCUT2D eigenvalue weighted by atomic mass is 9.69. The zero-order valence-corrected chi connectivity index (χ0v) is 13.5. The number of hydrogen-bond acceptors (Lipinski definition) is 4. The molecule has 2 aliphatic heterocycles. The number of carbonyl (C=O) groups excluding carboxylic acids is 2. The van der Waals surface area contributed by atoms with Gasteiger partial charge in [0.25, 0.3) is 0 Å². The molecule has 0 radical (unpaired) electrons. The van der Waals surface area contributed by atoms with Crippen molar-refractivity contribution in [1.82, 2.24) is 10.6 Å². The zero-order chi connectivity index (χ0) is 17.5. The van der Waals surface area contributed by atoms with Crippen LogP contribution >= 0.6 is 0 Å². The van der Waals surface area contributed by atoms with Crippen molar-refractivity contribution in [3.63, 3.8) is 0 Å². The number of benzene rings is 1. The van der Waals surface area contributed by atoms with Crippen molar-refractivity contribution in [1.29, 1.82) is 0 Å². The van der Waals surface area contributed by atoms with E-state index in [1.807, 2.05) is 0 Å². The molecule has 1 atom stereocenters. The molecule has 1 fully saturated rings. The summed E-state index contributed by atoms with van der Waals surface area (Å²) in [6.07, 6.45) is -0.0963. The number of fused-ring (bicyclic) bond motifs is 3. The highest BCUT2D eigenvalue weighted by Gasteiger charge is 2.58. The molecule has 0 aliphatic carbocycles. The van der Waals surface area contributed by atoms with Crippen LogP contribution in [-0.4, -0.2) is 51.7 Å². The van der Waals surface area contributed by atoms with E-state index in [1.54, 1.807) is 4.90 Å². The maximum absolute atomic E-state index is 14.4. The Morgan fingerprint density at radius 2 is 1.92 bits per heavy atom. The molecule has 8 heteroatoms. The van der Waals surface area contributed by atoms with E-state index in [0.717, 1.165) is 6.07 Å². The topological polar surface area (TPSA) is 70.7 Å². The highest BCUT2D eigenvalue weighted by atomic mass is 19.1. The van der Waals surface area contributed by atoms with Gasteiger partial charge in [0.05, 0.1) is 24.9 Å². The smallest absolute Gasteiger partial charge is 0.238 e. The van der Waals surface area contributed by atoms with Crippen LogP contribution in [0.25, 0.3) is 0 Å². The Hall–Kier alpha value is -2.22. The van der Waals surface area contributed by atoms with Gasteiger partial charge in [-0.2, -0.15) is 0 Å². The molecule has 2 aliphatic rings. The van der Waals surface area contributed by atoms with Crippen LogP contribution in [0.1, 0.15) is 5.56 Å². The maximum Gasteiger partial charge on any atom is 0.238 e. The summed E-state index contributed by atoms with van der Waals surface area (Å²) in [4.78, 5) is 27.0. The Morgan fingerprint density at radius 3 is 2.54 bits per heavy atom. The van der Waals surface area contributed by atoms with E-state index in [4.69, 9.17) is 4.74 Å². The Kier molecular flexibility index (Phi) is 4.16. The number of nitrogens with one attached hydrogen (secondary N) is 2. The first kappa shape index (κ1) is 16.6. The van der Waals surface area contributed by atoms with Crippen molar-refractivity contribution in [3.05, 3.63) is 29.3 Å². The number of carbonyl (C=O) groups is 2. The number of rotatable bonds is 2. The van der Waals surface area contributed by atoms with Crippen molar-refractivity contribution in [2.75, 3.05) is 38.8 Å². The molecule has 1 saturated heterocycles. The van der Waals surface area contributed by atoms with Gasteiger partial charge in [-0.1, -0.05) is 0 Å². The number of morpholine rings is 1. The van der Waals surface area contributed by atoms with E-state index in [1.165, 1.54) is 20.2 Å². The molecular formula is C16H19F2N3O3. The first-order chi connectivity index (χ1) is 11.5. The van der Waals surface area contributed by atoms with Gasteiger partial charge < -0.3 is 20.3 Å². The van der Waals surface area contributed by atoms with Gasteiger partial charge in [-0.15, -0.1) is 0 Å². The van der Waals surface area contributed by atoms with E-state index in [-0.39, 0.29) is 18.7 Å². The summed E-state index contributed by atoms with van der Waals surface area (Å²) in [6, 6.07) is 1.33. The third kappa shape index (κ3) is 2.24. The minimum atomic E-state index is -1.52. The molecule has 24 heavy (non-hydrogen) atoms. The average molecular weight is 339 g/mol. The van der Waals surface area contributed by atoms with Gasteiger partial charge >= 0.3 is 0 Å². The molecular weight excluding hydrogens is 320 g/mol. The second kappa shape index (κ2) is 6.01. The molecule has 0 spiro atoms. The third-order valence-electron chi connectivity index (χ3n) is 4.83. The van der Waals surface area contributed by atoms with Gasteiger partial charge in [-0.05, 0) is 11.6 Å². The van der Waals surface area contributed by atoms with Crippen molar-refractivity contribution >= 4 is 17.5 Å². The lowest BCUT2D eigenvalue weighted by molar-refractivity contribution is -0.147. The lowest BCUT2D eigenvalue weighted by Gasteiger charge is -2.50. The van der Waals surface area contributed by atoms with Crippen molar-refractivity contribution < 1.29 is 23.1 Å². The average Bonchev–Trinajstić information content (AvgIpc) is 2.58. The number of amides is 2. The van der Waals surface area contributed by atoms with Crippen molar-refractivity contribution in [2.24, 2.45) is 5.41 Å². The number of anilines is 1. The van der Waals surface area contributed by atoms with Gasteiger partial charge in [0.1, 0.15) is 11.6 Å². The summed E-state index contributed by atoms with van der Waals surface area (Å²) >= 11 is 0. The Labute approximate surface area is 138 Å². The fraction of sp³-hybridized carbons (Fsp3) is 0.500. The predicted octanol–water partition coefficient (Wildman–Crippen LogP) is 0.205. The second-order valence-corrected chi connectivity index (χ2v) is 5.99. The zero-order valence-electron chi connectivity index (χ0n) is 13.5. The van der Waals surface area contributed by atoms with Crippen LogP contribution in [0.5, 0.6) is 0 Å². The van der Waals surface area contributed by atoms with Crippen molar-refractivity contribution in [2.45, 2.75) is 12.5 Å². The molecule has 0 saturated carbocycles. The summed E-state index contributed by atoms with van der Waals surface area (Å²) in [7, 11) is 2.87. The first-order valence-corrected chi connectivity index (χ1v) is 7.72. The minimum absolute atomic E-state index is 0.0963. The fourth-order valence-electron chi connectivity index (χ4n) is 3.79. The molecule has 1 aromatic rings. The molecule has 0 bridgehead atoms. The summed E-state index contributed by atoms with van der Waals surface area (Å²) in [5.74, 6) is -2.43. The maximum atomic E-state index is 14.4. The summed E-state index contributed by atoms with van der Waals surface area (Å²) in [5, 5.41) is 5.03. The van der Waals surface area contributed by atoms with Crippen LogP contribution in [0.2, 0.25) is 0 Å². The molecule has 1 unspecified atom stereocenters. The van der Waals surface area contributed by atoms with E-state index in [9.17, 15) is 18.4 Å². The molecule has 1 aromatic carbocycles. The summed E-state index contributed by atoms with van der Waals surface area (Å²) < 4.78 is 33.6. The Morgan fingerprint density at radius 1 is 1.25 bits per heavy atom. The lowest BCUT2D eigenvalue weighted by Crippen LogP contribution is -2.68. The molecule has 3 rings (SSSR count). The summed E-state index contributed by atoms with van der Waals surface area (Å²) in [6.45, 7) is 0.761. The van der Waals surface area contributed by atoms with Crippen LogP contribution in [0.4, 0.5) is 14.5 Å². The van der Waals surface area contributed by atoms with E-state index in [0.29, 0.717) is 18.7 Å². The second-order valence-electron chi connectivity index (χ2n) is 5.99. The normalized spacial score (nSPS) is 21.5. The van der Waals surface area contributed by atoms with Crippen LogP contribution in [0.15, 0.2) is 12.1 Å². The Balaban J connectivity index is 2.24. The van der Waals surface area contributed by atoms with Gasteiger partial charge in [0.2, 0.25) is 11.8 Å². The van der Waals surface area contributed by atoms with Crippen LogP contribution in [0, 0.1) is 17.0 Å². The van der Waals surface area contributed by atoms with Crippen molar-refractivity contribution in [3.8, 4) is 0 Å². The summed E-state index contributed by atoms with van der Waals surface area (Å²) in [5.41, 5.74) is -0.970.